The van der Waals surface area contributed by atoms with Crippen LogP contribution < -0.4 is 9.98 Å². The molecule has 0 aliphatic heterocycles. The SMILES string of the molecule is CCOP(=O)(NCC[P+](=O)[O-])OCC. The Bertz CT molecular complexity index is 212. The van der Waals surface area contributed by atoms with Crippen LogP contribution in [0.4, 0.5) is 0 Å². The summed E-state index contributed by atoms with van der Waals surface area (Å²) in [6.45, 7) is 3.92. The van der Waals surface area contributed by atoms with Crippen molar-refractivity contribution in [1.82, 2.24) is 5.09 Å². The number of nitrogens with one attached hydrogen (secondary N) is 1. The van der Waals surface area contributed by atoms with Gasteiger partial charge < -0.3 is 4.89 Å². The normalized spacial score (nSPS) is 12.9. The quantitative estimate of drug-likeness (QED) is 0.636. The van der Waals surface area contributed by atoms with E-state index >= 15 is 0 Å². The summed E-state index contributed by atoms with van der Waals surface area (Å²) in [5.41, 5.74) is 0. The zero-order valence-corrected chi connectivity index (χ0v) is 10.1. The molecule has 0 rings (SSSR count). The molecule has 0 saturated heterocycles. The molecule has 0 amide bonds. The van der Waals surface area contributed by atoms with E-state index in [1.54, 1.807) is 13.8 Å². The minimum absolute atomic E-state index is 0.0655. The van der Waals surface area contributed by atoms with Crippen LogP contribution in [0.2, 0.25) is 0 Å². The van der Waals surface area contributed by atoms with Crippen LogP contribution in [0.5, 0.6) is 0 Å². The van der Waals surface area contributed by atoms with Crippen molar-refractivity contribution in [2.45, 2.75) is 13.8 Å². The Morgan fingerprint density at radius 3 is 2.21 bits per heavy atom. The summed E-state index contributed by atoms with van der Waals surface area (Å²) in [5.74, 6) is 0. The van der Waals surface area contributed by atoms with Gasteiger partial charge in [0, 0.05) is 6.54 Å². The van der Waals surface area contributed by atoms with E-state index in [9.17, 15) is 14.0 Å². The fraction of sp³-hybridized carbons (Fsp3) is 1.00. The molecular formula is C6H15NO5P2. The first-order valence-electron chi connectivity index (χ1n) is 4.30. The highest BCUT2D eigenvalue weighted by atomic mass is 31.2. The van der Waals surface area contributed by atoms with E-state index in [1.807, 2.05) is 0 Å². The summed E-state index contributed by atoms with van der Waals surface area (Å²) in [5, 5.41) is 2.46. The minimum Gasteiger partial charge on any atom is -0.596 e. The first-order valence-corrected chi connectivity index (χ1v) is 7.20. The van der Waals surface area contributed by atoms with E-state index in [2.05, 4.69) is 5.09 Å². The average molecular weight is 243 g/mol. The molecule has 0 aliphatic rings. The lowest BCUT2D eigenvalue weighted by Gasteiger charge is -2.16. The third-order valence-electron chi connectivity index (χ3n) is 1.20. The molecule has 1 unspecified atom stereocenters. The van der Waals surface area contributed by atoms with E-state index in [1.165, 1.54) is 0 Å². The second-order valence-electron chi connectivity index (χ2n) is 2.30. The molecule has 0 aliphatic carbocycles. The van der Waals surface area contributed by atoms with Gasteiger partial charge in [0.25, 0.3) is 0 Å². The lowest BCUT2D eigenvalue weighted by Crippen LogP contribution is -2.18. The lowest BCUT2D eigenvalue weighted by molar-refractivity contribution is -0.164. The van der Waals surface area contributed by atoms with Gasteiger partial charge in [-0.3, -0.25) is 9.05 Å². The highest BCUT2D eigenvalue weighted by molar-refractivity contribution is 7.51. The summed E-state index contributed by atoms with van der Waals surface area (Å²) in [6, 6.07) is 0. The highest BCUT2D eigenvalue weighted by Crippen LogP contribution is 2.43. The zero-order chi connectivity index (χ0) is 11.0. The maximum Gasteiger partial charge on any atom is 0.405 e. The van der Waals surface area contributed by atoms with Crippen molar-refractivity contribution in [3.8, 4) is 0 Å². The van der Waals surface area contributed by atoms with E-state index in [-0.39, 0.29) is 25.9 Å². The van der Waals surface area contributed by atoms with Crippen molar-refractivity contribution < 1.29 is 23.1 Å². The maximum absolute atomic E-state index is 11.6. The fourth-order valence-corrected chi connectivity index (χ4v) is 2.54. The second kappa shape index (κ2) is 7.46. The summed E-state index contributed by atoms with van der Waals surface area (Å²) in [7, 11) is -5.76. The molecule has 0 bridgehead atoms. The molecule has 0 aromatic carbocycles. The van der Waals surface area contributed by atoms with Crippen molar-refractivity contribution in [2.75, 3.05) is 25.9 Å². The average Bonchev–Trinajstić information content (AvgIpc) is 2.03. The first kappa shape index (κ1) is 14.2. The molecule has 0 saturated carbocycles. The van der Waals surface area contributed by atoms with Gasteiger partial charge in [0.2, 0.25) is 0 Å². The molecule has 14 heavy (non-hydrogen) atoms. The predicted molar refractivity (Wildman–Crippen MR) is 51.3 cm³/mol. The van der Waals surface area contributed by atoms with Crippen LogP contribution in [0.3, 0.4) is 0 Å². The van der Waals surface area contributed by atoms with Gasteiger partial charge in [-0.2, -0.15) is 0 Å². The lowest BCUT2D eigenvalue weighted by atomic mass is 10.8. The van der Waals surface area contributed by atoms with Crippen molar-refractivity contribution >= 4 is 15.8 Å². The van der Waals surface area contributed by atoms with Crippen LogP contribution in [-0.2, 0) is 18.2 Å². The van der Waals surface area contributed by atoms with Gasteiger partial charge >= 0.3 is 15.8 Å². The smallest absolute Gasteiger partial charge is 0.405 e. The molecule has 0 radical (unpaired) electrons. The molecule has 84 valence electrons. The molecule has 0 fully saturated rings. The van der Waals surface area contributed by atoms with Gasteiger partial charge in [-0.25, -0.2) is 9.65 Å². The Labute approximate surface area is 84.4 Å². The van der Waals surface area contributed by atoms with Crippen molar-refractivity contribution in [3.05, 3.63) is 0 Å². The minimum atomic E-state index is -3.29. The van der Waals surface area contributed by atoms with E-state index in [0.717, 1.165) is 0 Å². The molecule has 0 spiro atoms. The Morgan fingerprint density at radius 1 is 1.36 bits per heavy atom. The molecule has 6 nitrogen and oxygen atoms in total. The summed E-state index contributed by atoms with van der Waals surface area (Å²) >= 11 is 0. The summed E-state index contributed by atoms with van der Waals surface area (Å²) < 4.78 is 31.6. The molecule has 8 heteroatoms. The van der Waals surface area contributed by atoms with Gasteiger partial charge in [0.1, 0.15) is 0 Å². The summed E-state index contributed by atoms with van der Waals surface area (Å²) in [6.07, 6.45) is -0.0839. The number of rotatable bonds is 8. The molecular weight excluding hydrogens is 228 g/mol. The van der Waals surface area contributed by atoms with Crippen LogP contribution in [-0.4, -0.2) is 25.9 Å². The van der Waals surface area contributed by atoms with E-state index in [4.69, 9.17) is 9.05 Å². The van der Waals surface area contributed by atoms with Crippen LogP contribution in [0, 0.1) is 0 Å². The van der Waals surface area contributed by atoms with E-state index < -0.39 is 15.8 Å². The Kier molecular flexibility index (Phi) is 7.55. The molecule has 1 atom stereocenters. The van der Waals surface area contributed by atoms with Crippen LogP contribution >= 0.6 is 15.8 Å². The van der Waals surface area contributed by atoms with Crippen LogP contribution in [0.15, 0.2) is 0 Å². The van der Waals surface area contributed by atoms with Crippen molar-refractivity contribution in [2.24, 2.45) is 0 Å². The molecule has 1 N–H and O–H groups in total. The topological polar surface area (TPSA) is 87.7 Å². The summed E-state index contributed by atoms with van der Waals surface area (Å²) in [4.78, 5) is 10.2. The van der Waals surface area contributed by atoms with Gasteiger partial charge in [0.05, 0.1) is 13.2 Å². The first-order chi connectivity index (χ1) is 6.54. The zero-order valence-electron chi connectivity index (χ0n) is 8.26. The van der Waals surface area contributed by atoms with Crippen LogP contribution in [0.25, 0.3) is 0 Å². The third kappa shape index (κ3) is 6.60. The Morgan fingerprint density at radius 2 is 1.86 bits per heavy atom. The third-order valence-corrected chi connectivity index (χ3v) is 3.59. The Balaban J connectivity index is 3.96. The van der Waals surface area contributed by atoms with E-state index in [0.29, 0.717) is 0 Å². The number of hydrogen-bond donors (Lipinski definition) is 1. The van der Waals surface area contributed by atoms with Crippen LogP contribution in [0.1, 0.15) is 13.8 Å². The monoisotopic (exact) mass is 243 g/mol. The van der Waals surface area contributed by atoms with Gasteiger partial charge in [0.15, 0.2) is 6.16 Å². The number of hydrogen-bond acceptors (Lipinski definition) is 5. The van der Waals surface area contributed by atoms with Crippen molar-refractivity contribution in [3.63, 3.8) is 0 Å². The standard InChI is InChI=1S/C6H15NO5P2/c1-3-11-14(10,12-4-2)7-5-6-13(8)9/h3-6H2,1-2H3,(H,7,10). The molecule has 0 aromatic heterocycles. The van der Waals surface area contributed by atoms with Gasteiger partial charge in [-0.1, -0.05) is 4.57 Å². The second-order valence-corrected chi connectivity index (χ2v) is 5.24. The van der Waals surface area contributed by atoms with Gasteiger partial charge in [-0.15, -0.1) is 0 Å². The Hall–Kier alpha value is 0.170. The van der Waals surface area contributed by atoms with Crippen molar-refractivity contribution in [1.29, 1.82) is 0 Å². The fourth-order valence-electron chi connectivity index (χ4n) is 0.747. The predicted octanol–water partition coefficient (Wildman–Crippen LogP) is 0.860. The highest BCUT2D eigenvalue weighted by Gasteiger charge is 2.23. The van der Waals surface area contributed by atoms with Gasteiger partial charge in [-0.05, 0) is 13.8 Å². The maximum atomic E-state index is 11.6. The largest absolute Gasteiger partial charge is 0.596 e. The molecule has 0 aromatic rings. The molecule has 0 heterocycles.